The van der Waals surface area contributed by atoms with E-state index < -0.39 is 8.07 Å². The van der Waals surface area contributed by atoms with Gasteiger partial charge in [0.1, 0.15) is 15.1 Å². The number of rotatable bonds is 3. The van der Waals surface area contributed by atoms with Crippen molar-refractivity contribution in [3.8, 4) is 11.3 Å². The summed E-state index contributed by atoms with van der Waals surface area (Å²) in [6.45, 7) is 9.35. The second kappa shape index (κ2) is 7.72. The zero-order chi connectivity index (χ0) is 22.5. The molecule has 1 aromatic heterocycles. The van der Waals surface area contributed by atoms with Crippen LogP contribution in [0.25, 0.3) is 32.8 Å². The van der Waals surface area contributed by atoms with E-state index in [0.29, 0.717) is 0 Å². The van der Waals surface area contributed by atoms with Gasteiger partial charge in [-0.1, -0.05) is 96.3 Å². The predicted octanol–water partition coefficient (Wildman–Crippen LogP) is 5.92. The van der Waals surface area contributed by atoms with Gasteiger partial charge >= 0.3 is 0 Å². The normalized spacial score (nSPS) is 11.9. The van der Waals surface area contributed by atoms with Gasteiger partial charge in [0.05, 0.1) is 10.9 Å². The highest BCUT2D eigenvalue weighted by Crippen LogP contribution is 2.31. The van der Waals surface area contributed by atoms with Crippen molar-refractivity contribution in [2.45, 2.75) is 26.9 Å². The average molecular weight is 433 g/mol. The summed E-state index contributed by atoms with van der Waals surface area (Å²) in [6, 6.07) is 33.8. The van der Waals surface area contributed by atoms with Crippen molar-refractivity contribution in [2.75, 3.05) is 0 Å². The van der Waals surface area contributed by atoms with E-state index in [-0.39, 0.29) is 0 Å². The summed E-state index contributed by atoms with van der Waals surface area (Å²) in [5, 5.41) is 8.19. The number of aryl methyl sites for hydroxylation is 2. The molecule has 158 valence electrons. The van der Waals surface area contributed by atoms with Crippen molar-refractivity contribution in [3.63, 3.8) is 0 Å². The summed E-state index contributed by atoms with van der Waals surface area (Å²) in [5.74, 6) is 0. The van der Waals surface area contributed by atoms with Crippen LogP contribution in [0.2, 0.25) is 13.1 Å². The van der Waals surface area contributed by atoms with Crippen LogP contribution in [0.4, 0.5) is 0 Å². The molecular weight excluding hydrogens is 402 g/mol. The van der Waals surface area contributed by atoms with E-state index in [1.807, 2.05) is 0 Å². The zero-order valence-corrected chi connectivity index (χ0v) is 20.6. The van der Waals surface area contributed by atoms with E-state index >= 15 is 0 Å². The maximum absolute atomic E-state index is 2.45. The molecule has 0 aliphatic rings. The van der Waals surface area contributed by atoms with Gasteiger partial charge in [-0.25, -0.2) is 0 Å². The van der Waals surface area contributed by atoms with Crippen LogP contribution in [0.15, 0.2) is 91.0 Å². The number of nitrogens with zero attached hydrogens (tertiary/aromatic N) is 1. The Morgan fingerprint density at radius 1 is 0.625 bits per heavy atom. The molecular formula is C30H30NSi+. The average Bonchev–Trinajstić information content (AvgIpc) is 2.80. The number of pyridine rings is 1. The van der Waals surface area contributed by atoms with Crippen molar-refractivity contribution in [2.24, 2.45) is 7.05 Å². The fourth-order valence-electron chi connectivity index (χ4n) is 4.92. The summed E-state index contributed by atoms with van der Waals surface area (Å²) < 4.78 is 2.35. The minimum atomic E-state index is -1.75. The first-order chi connectivity index (χ1) is 15.4. The molecule has 0 atom stereocenters. The Bertz CT molecular complexity index is 1470. The molecule has 5 rings (SSSR count). The fourth-order valence-corrected chi connectivity index (χ4v) is 7.30. The van der Waals surface area contributed by atoms with Crippen LogP contribution in [0, 0.1) is 13.8 Å². The number of hydrogen-bond acceptors (Lipinski definition) is 0. The highest BCUT2D eigenvalue weighted by atomic mass is 28.3. The molecule has 0 radical (unpaired) electrons. The Kier molecular flexibility index (Phi) is 4.98. The first-order valence-electron chi connectivity index (χ1n) is 11.4. The molecule has 5 aromatic rings. The molecule has 0 amide bonds. The van der Waals surface area contributed by atoms with Gasteiger partial charge in [0.25, 0.3) is 0 Å². The maximum Gasteiger partial charge on any atom is 0.220 e. The summed E-state index contributed by atoms with van der Waals surface area (Å²) in [6.07, 6.45) is 0. The van der Waals surface area contributed by atoms with Crippen LogP contribution in [0.5, 0.6) is 0 Å². The summed E-state index contributed by atoms with van der Waals surface area (Å²) >= 11 is 0. The summed E-state index contributed by atoms with van der Waals surface area (Å²) in [7, 11) is 0.435. The van der Waals surface area contributed by atoms with Gasteiger partial charge in [0.15, 0.2) is 5.69 Å². The van der Waals surface area contributed by atoms with Crippen molar-refractivity contribution in [1.29, 1.82) is 0 Å². The lowest BCUT2D eigenvalue weighted by atomic mass is 9.95. The maximum atomic E-state index is 2.45. The predicted molar refractivity (Wildman–Crippen MR) is 141 cm³/mol. The molecule has 0 bridgehead atoms. The first kappa shape index (κ1) is 20.7. The molecule has 0 saturated heterocycles. The van der Waals surface area contributed by atoms with Crippen molar-refractivity contribution < 1.29 is 4.57 Å². The van der Waals surface area contributed by atoms with Gasteiger partial charge in [-0.15, -0.1) is 0 Å². The quantitative estimate of drug-likeness (QED) is 0.246. The zero-order valence-electron chi connectivity index (χ0n) is 19.6. The van der Waals surface area contributed by atoms with Crippen molar-refractivity contribution >= 4 is 40.0 Å². The minimum Gasteiger partial charge on any atom is -0.198 e. The van der Waals surface area contributed by atoms with E-state index in [4.69, 9.17) is 0 Å². The molecule has 0 fully saturated rings. The highest BCUT2D eigenvalue weighted by molar-refractivity contribution is 7.00. The monoisotopic (exact) mass is 432 g/mol. The smallest absolute Gasteiger partial charge is 0.198 e. The standard InChI is InChI=1S/C30H30NSi/c1-21-17-23-11-9-10-12-24(23)20-29(21)30-28-16-15-27(19-25(28)18-22(2)31(30)3)32(4,5)26-13-7-6-8-14-26/h6-20H,1-5H3/q+1. The molecule has 4 aromatic carbocycles. The van der Waals surface area contributed by atoms with Crippen LogP contribution < -0.4 is 14.9 Å². The molecule has 0 saturated carbocycles. The lowest BCUT2D eigenvalue weighted by molar-refractivity contribution is -0.665. The topological polar surface area (TPSA) is 3.88 Å². The molecule has 32 heavy (non-hydrogen) atoms. The summed E-state index contributed by atoms with van der Waals surface area (Å²) in [5.41, 5.74) is 5.20. The Labute approximate surface area is 192 Å². The third-order valence-electron chi connectivity index (χ3n) is 7.10. The lowest BCUT2D eigenvalue weighted by Gasteiger charge is -2.24. The van der Waals surface area contributed by atoms with Crippen LogP contribution in [0.3, 0.4) is 0 Å². The second-order valence-electron chi connectivity index (χ2n) is 9.50. The third kappa shape index (κ3) is 3.36. The van der Waals surface area contributed by atoms with E-state index in [0.717, 1.165) is 0 Å². The number of aromatic nitrogens is 1. The van der Waals surface area contributed by atoms with E-state index in [2.05, 4.69) is 130 Å². The first-order valence-corrected chi connectivity index (χ1v) is 14.4. The van der Waals surface area contributed by atoms with Gasteiger partial charge in [0.2, 0.25) is 5.69 Å². The molecule has 0 aliphatic carbocycles. The lowest BCUT2D eigenvalue weighted by Crippen LogP contribution is -2.52. The van der Waals surface area contributed by atoms with Crippen LogP contribution in [0.1, 0.15) is 11.3 Å². The highest BCUT2D eigenvalue weighted by Gasteiger charge is 2.27. The largest absolute Gasteiger partial charge is 0.220 e. The molecule has 2 heteroatoms. The number of fused-ring (bicyclic) bond motifs is 2. The summed E-state index contributed by atoms with van der Waals surface area (Å²) in [4.78, 5) is 0. The van der Waals surface area contributed by atoms with Gasteiger partial charge in [-0.2, -0.15) is 4.57 Å². The van der Waals surface area contributed by atoms with Gasteiger partial charge in [-0.05, 0) is 40.8 Å². The van der Waals surface area contributed by atoms with Crippen molar-refractivity contribution in [3.05, 3.63) is 102 Å². The SMILES string of the molecule is Cc1cc2ccccc2cc1-c1c2ccc([Si](C)(C)c3ccccc3)cc2cc(C)[n+]1C. The van der Waals surface area contributed by atoms with Crippen LogP contribution in [-0.2, 0) is 7.05 Å². The van der Waals surface area contributed by atoms with Gasteiger partial charge in [-0.3, -0.25) is 0 Å². The minimum absolute atomic E-state index is 1.27. The van der Waals surface area contributed by atoms with Gasteiger partial charge in [0, 0.05) is 13.0 Å². The number of benzene rings is 4. The van der Waals surface area contributed by atoms with Gasteiger partial charge < -0.3 is 0 Å². The molecule has 0 N–H and O–H groups in total. The Balaban J connectivity index is 1.75. The number of hydrogen-bond donors (Lipinski definition) is 0. The molecule has 0 spiro atoms. The molecule has 0 unspecified atom stereocenters. The fraction of sp³-hybridized carbons (Fsp3) is 0.167. The Morgan fingerprint density at radius 3 is 2.00 bits per heavy atom. The van der Waals surface area contributed by atoms with E-state index in [9.17, 15) is 0 Å². The molecule has 1 nitrogen and oxygen atoms in total. The molecule has 1 heterocycles. The van der Waals surface area contributed by atoms with Crippen LogP contribution >= 0.6 is 0 Å². The molecule has 0 aliphatic heterocycles. The third-order valence-corrected chi connectivity index (χ3v) is 10.6. The Morgan fingerprint density at radius 2 is 1.28 bits per heavy atom. The van der Waals surface area contributed by atoms with Crippen LogP contribution in [-0.4, -0.2) is 8.07 Å². The van der Waals surface area contributed by atoms with E-state index in [1.54, 1.807) is 0 Å². The Hall–Kier alpha value is -3.23. The second-order valence-corrected chi connectivity index (χ2v) is 13.9. The van der Waals surface area contributed by atoms with E-state index in [1.165, 1.54) is 54.4 Å². The van der Waals surface area contributed by atoms with Crippen molar-refractivity contribution in [1.82, 2.24) is 0 Å².